The molecule has 0 aliphatic heterocycles. The fraction of sp³-hybridized carbons (Fsp3) is 0.367. The third-order valence-electron chi connectivity index (χ3n) is 11.0. The number of hydrogen-bond acceptors (Lipinski definition) is 7. The fourth-order valence-electron chi connectivity index (χ4n) is 7.88. The average Bonchev–Trinajstić information content (AvgIpc) is 3.54. The third kappa shape index (κ3) is 9.91. The van der Waals surface area contributed by atoms with Gasteiger partial charge in [-0.25, -0.2) is 13.6 Å². The van der Waals surface area contributed by atoms with Crippen LogP contribution in [0.3, 0.4) is 0 Å². The van der Waals surface area contributed by atoms with Gasteiger partial charge in [0.1, 0.15) is 23.3 Å². The van der Waals surface area contributed by atoms with Crippen LogP contribution >= 0.6 is 0 Å². The van der Waals surface area contributed by atoms with Crippen LogP contribution in [0.5, 0.6) is 11.5 Å². The van der Waals surface area contributed by atoms with E-state index in [1.165, 1.54) is 25.1 Å². The van der Waals surface area contributed by atoms with Gasteiger partial charge in [-0.3, -0.25) is 4.79 Å². The van der Waals surface area contributed by atoms with Crippen LogP contribution in [0.15, 0.2) is 90.1 Å². The molecule has 61 heavy (non-hydrogen) atoms. The number of alkyl halides is 4. The molecule has 2 unspecified atom stereocenters. The van der Waals surface area contributed by atoms with Gasteiger partial charge >= 0.3 is 18.3 Å². The van der Waals surface area contributed by atoms with E-state index in [9.17, 15) is 27.2 Å². The normalized spacial score (nSPS) is 13.3. The molecule has 0 saturated carbocycles. The molecule has 322 valence electrons. The zero-order valence-corrected chi connectivity index (χ0v) is 35.6. The molecule has 8 nitrogen and oxygen atoms in total. The monoisotopic (exact) mass is 840 g/mol. The molecule has 6 rings (SSSR count). The van der Waals surface area contributed by atoms with Gasteiger partial charge in [-0.1, -0.05) is 68.6 Å². The van der Waals surface area contributed by atoms with Crippen LogP contribution in [-0.2, 0) is 20.9 Å². The summed E-state index contributed by atoms with van der Waals surface area (Å²) in [6, 6.07) is 25.5. The molecule has 1 aromatic heterocycles. The van der Waals surface area contributed by atoms with Crippen molar-refractivity contribution in [2.75, 3.05) is 20.3 Å². The molecule has 0 radical (unpaired) electrons. The summed E-state index contributed by atoms with van der Waals surface area (Å²) >= 11 is 0. The molecule has 1 heterocycles. The highest BCUT2D eigenvalue weighted by Gasteiger charge is 2.41. The standard InChI is InChI=1S/C49H52F4N2O6/c1-8-10-13-33(9-2)26-55-44-21-16-34(45(54-61-32(6)56)37-19-18-36(23-29(37)3)60-31(5)27-58-7)24-41(44)42-25-43(39-14-11-12-15-40(39)46(42)55)47(57)38-20-17-35(22-30(38)4)59-28-49(52,53)48(50)51/h11-12,14-25,31,33,48H,8-10,13,26-28H2,1-7H3/b54-45+. The molecule has 0 spiro atoms. The predicted molar refractivity (Wildman–Crippen MR) is 232 cm³/mol. The van der Waals surface area contributed by atoms with Crippen molar-refractivity contribution in [2.45, 2.75) is 92.2 Å². The zero-order chi connectivity index (χ0) is 44.0. The number of ether oxygens (including phenoxy) is 3. The third-order valence-corrected chi connectivity index (χ3v) is 11.0. The van der Waals surface area contributed by atoms with E-state index in [0.717, 1.165) is 75.9 Å². The second-order valence-corrected chi connectivity index (χ2v) is 15.7. The lowest BCUT2D eigenvalue weighted by Gasteiger charge is -2.19. The van der Waals surface area contributed by atoms with E-state index in [4.69, 9.17) is 19.0 Å². The largest absolute Gasteiger partial charge is 0.488 e. The van der Waals surface area contributed by atoms with Gasteiger partial charge in [-0.15, -0.1) is 0 Å². The zero-order valence-electron chi connectivity index (χ0n) is 35.6. The Morgan fingerprint density at radius 3 is 2.16 bits per heavy atom. The molecule has 0 aliphatic rings. The molecule has 6 aromatic rings. The topological polar surface area (TPSA) is 88.4 Å². The maximum absolute atomic E-state index is 14.7. The number of aromatic nitrogens is 1. The predicted octanol–water partition coefficient (Wildman–Crippen LogP) is 12.0. The van der Waals surface area contributed by atoms with Gasteiger partial charge in [0.25, 0.3) is 0 Å². The maximum atomic E-state index is 14.7. The van der Waals surface area contributed by atoms with Crippen LogP contribution in [-0.4, -0.2) is 60.8 Å². The number of halogens is 4. The van der Waals surface area contributed by atoms with Crippen LogP contribution < -0.4 is 9.47 Å². The van der Waals surface area contributed by atoms with Crippen molar-refractivity contribution >= 4 is 50.0 Å². The van der Waals surface area contributed by atoms with E-state index in [-0.39, 0.29) is 17.6 Å². The number of carbonyl (C=O) groups excluding carboxylic acids is 2. The first-order valence-electron chi connectivity index (χ1n) is 20.6. The number of methoxy groups -OCH3 is 1. The minimum Gasteiger partial charge on any atom is -0.488 e. The van der Waals surface area contributed by atoms with Crippen molar-refractivity contribution in [3.63, 3.8) is 0 Å². The number of oxime groups is 1. The highest BCUT2D eigenvalue weighted by atomic mass is 19.3. The number of ketones is 1. The molecule has 0 bridgehead atoms. The second kappa shape index (κ2) is 19.3. The first-order chi connectivity index (χ1) is 29.2. The van der Waals surface area contributed by atoms with Crippen LogP contribution in [0.25, 0.3) is 32.6 Å². The SMILES string of the molecule is CCCCC(CC)Cn1c2ccc(/C(=N\OC(C)=O)c3ccc(OC(C)COC)cc3C)cc2c2cc(C(=O)c3ccc(OCC(F)(F)C(F)F)cc3C)c3ccccc3c21. The molecule has 12 heteroatoms. The van der Waals surface area contributed by atoms with E-state index >= 15 is 0 Å². The lowest BCUT2D eigenvalue weighted by Crippen LogP contribution is -2.33. The Morgan fingerprint density at radius 2 is 1.51 bits per heavy atom. The summed E-state index contributed by atoms with van der Waals surface area (Å²) in [6.45, 7) is 10.9. The lowest BCUT2D eigenvalue weighted by atomic mass is 9.92. The van der Waals surface area contributed by atoms with Crippen molar-refractivity contribution in [2.24, 2.45) is 11.1 Å². The van der Waals surface area contributed by atoms with Gasteiger partial charge in [0.2, 0.25) is 0 Å². The number of rotatable bonds is 19. The average molecular weight is 841 g/mol. The molecular formula is C49H52F4N2O6. The van der Waals surface area contributed by atoms with Crippen molar-refractivity contribution in [1.29, 1.82) is 0 Å². The summed E-state index contributed by atoms with van der Waals surface area (Å²) in [5.41, 5.74) is 5.77. The summed E-state index contributed by atoms with van der Waals surface area (Å²) in [5.74, 6) is -4.21. The number of aryl methyl sites for hydroxylation is 2. The number of benzene rings is 5. The molecule has 2 atom stereocenters. The Labute approximate surface area is 353 Å². The van der Waals surface area contributed by atoms with E-state index in [2.05, 4.69) is 29.6 Å². The van der Waals surface area contributed by atoms with Gasteiger partial charge in [0.15, 0.2) is 12.4 Å². The quantitative estimate of drug-likeness (QED) is 0.0265. The van der Waals surface area contributed by atoms with Crippen molar-refractivity contribution in [3.8, 4) is 11.5 Å². The highest BCUT2D eigenvalue weighted by molar-refractivity contribution is 6.27. The molecule has 0 amide bonds. The number of hydrogen-bond donors (Lipinski definition) is 0. The van der Waals surface area contributed by atoms with E-state index in [0.29, 0.717) is 46.2 Å². The lowest BCUT2D eigenvalue weighted by molar-refractivity contribution is -0.148. The second-order valence-electron chi connectivity index (χ2n) is 15.7. The Bertz CT molecular complexity index is 2580. The van der Waals surface area contributed by atoms with Crippen molar-refractivity contribution in [3.05, 3.63) is 118 Å². The van der Waals surface area contributed by atoms with Crippen LogP contribution in [0.4, 0.5) is 17.6 Å². The van der Waals surface area contributed by atoms with Gasteiger partial charge < -0.3 is 23.6 Å². The van der Waals surface area contributed by atoms with Crippen LogP contribution in [0.1, 0.15) is 91.6 Å². The summed E-state index contributed by atoms with van der Waals surface area (Å²) in [4.78, 5) is 32.1. The fourth-order valence-corrected chi connectivity index (χ4v) is 7.88. The van der Waals surface area contributed by atoms with Gasteiger partial charge in [-0.05, 0) is 104 Å². The molecule has 0 saturated heterocycles. The highest BCUT2D eigenvalue weighted by Crippen LogP contribution is 2.39. The minimum atomic E-state index is -4.32. The van der Waals surface area contributed by atoms with E-state index < -0.39 is 24.9 Å². The summed E-state index contributed by atoms with van der Waals surface area (Å²) in [5, 5.41) is 7.68. The van der Waals surface area contributed by atoms with E-state index in [1.54, 1.807) is 14.0 Å². The molecule has 0 N–H and O–H groups in total. The molecule has 0 aliphatic carbocycles. The van der Waals surface area contributed by atoms with Gasteiger partial charge in [0, 0.05) is 64.5 Å². The number of fused-ring (bicyclic) bond motifs is 5. The molecular weight excluding hydrogens is 789 g/mol. The first-order valence-corrected chi connectivity index (χ1v) is 20.6. The van der Waals surface area contributed by atoms with Gasteiger partial charge in [-0.2, -0.15) is 8.78 Å². The Hall–Kier alpha value is -5.75. The van der Waals surface area contributed by atoms with Crippen LogP contribution in [0.2, 0.25) is 0 Å². The molecule has 0 fully saturated rings. The Balaban J connectivity index is 1.54. The maximum Gasteiger partial charge on any atom is 0.340 e. The van der Waals surface area contributed by atoms with E-state index in [1.807, 2.05) is 74.5 Å². The summed E-state index contributed by atoms with van der Waals surface area (Å²) in [7, 11) is 1.62. The van der Waals surface area contributed by atoms with Crippen molar-refractivity contribution < 1.29 is 46.2 Å². The molecule has 5 aromatic carbocycles. The number of unbranched alkanes of at least 4 members (excludes halogenated alkanes) is 1. The Morgan fingerprint density at radius 1 is 0.820 bits per heavy atom. The van der Waals surface area contributed by atoms with Crippen molar-refractivity contribution in [1.82, 2.24) is 4.57 Å². The first kappa shape index (κ1) is 44.8. The number of nitrogens with zero attached hydrogens (tertiary/aromatic N) is 2. The summed E-state index contributed by atoms with van der Waals surface area (Å²) in [6.07, 6.45) is 0.171. The van der Waals surface area contributed by atoms with Gasteiger partial charge in [0.05, 0.1) is 12.1 Å². The van der Waals surface area contributed by atoms with Crippen LogP contribution in [0, 0.1) is 19.8 Å². The summed E-state index contributed by atoms with van der Waals surface area (Å²) < 4.78 is 71.6. The Kier molecular flexibility index (Phi) is 14.2. The smallest absolute Gasteiger partial charge is 0.340 e. The minimum absolute atomic E-state index is 0.0527. The number of carbonyl (C=O) groups is 2.